The molecule has 2 aromatic carbocycles. The van der Waals surface area contributed by atoms with E-state index in [1.807, 2.05) is 18.2 Å². The van der Waals surface area contributed by atoms with Gasteiger partial charge in [-0.05, 0) is 43.2 Å². The number of aromatic nitrogens is 2. The lowest BCUT2D eigenvalue weighted by molar-refractivity contribution is 0.174. The minimum absolute atomic E-state index is 0.290. The first-order chi connectivity index (χ1) is 17.3. The van der Waals surface area contributed by atoms with E-state index in [2.05, 4.69) is 53.2 Å². The lowest BCUT2D eigenvalue weighted by atomic mass is 10.1. The summed E-state index contributed by atoms with van der Waals surface area (Å²) in [4.78, 5) is 6.97. The number of rotatable bonds is 15. The highest BCUT2D eigenvalue weighted by molar-refractivity contribution is 5.58. The van der Waals surface area contributed by atoms with Gasteiger partial charge in [0.05, 0.1) is 0 Å². The van der Waals surface area contributed by atoms with E-state index in [-0.39, 0.29) is 6.79 Å². The molecule has 0 saturated carbocycles. The van der Waals surface area contributed by atoms with Gasteiger partial charge >= 0.3 is 0 Å². The third kappa shape index (κ3) is 7.23. The fraction of sp³-hybridized carbons (Fsp3) is 0.517. The van der Waals surface area contributed by atoms with E-state index in [1.165, 1.54) is 56.9 Å². The maximum Gasteiger partial charge on any atom is 0.257 e. The molecule has 0 amide bonds. The highest BCUT2D eigenvalue weighted by Crippen LogP contribution is 2.36. The summed E-state index contributed by atoms with van der Waals surface area (Å²) in [5.74, 6) is 3.02. The first-order valence-electron chi connectivity index (χ1n) is 13.3. The molecule has 188 valence electrons. The monoisotopic (exact) mass is 477 g/mol. The SMILES string of the molecule is CCCCCCCCCCCc1noc(-c2cccc(CN(CC)c3ccc4c(c3)OCO4)c2)n1. The van der Waals surface area contributed by atoms with Crippen LogP contribution in [0.3, 0.4) is 0 Å². The van der Waals surface area contributed by atoms with Crippen LogP contribution in [-0.4, -0.2) is 23.5 Å². The third-order valence-corrected chi connectivity index (χ3v) is 6.62. The number of benzene rings is 2. The van der Waals surface area contributed by atoms with E-state index in [0.717, 1.165) is 54.5 Å². The first-order valence-corrected chi connectivity index (χ1v) is 13.3. The van der Waals surface area contributed by atoms with Crippen LogP contribution in [0.4, 0.5) is 5.69 Å². The van der Waals surface area contributed by atoms with Crippen molar-refractivity contribution in [1.82, 2.24) is 10.1 Å². The van der Waals surface area contributed by atoms with E-state index in [1.54, 1.807) is 0 Å². The highest BCUT2D eigenvalue weighted by atomic mass is 16.7. The van der Waals surface area contributed by atoms with Crippen LogP contribution < -0.4 is 14.4 Å². The van der Waals surface area contributed by atoms with Gasteiger partial charge in [-0.3, -0.25) is 0 Å². The molecule has 0 fully saturated rings. The van der Waals surface area contributed by atoms with E-state index in [0.29, 0.717) is 5.89 Å². The Morgan fingerprint density at radius 1 is 0.829 bits per heavy atom. The Morgan fingerprint density at radius 2 is 1.60 bits per heavy atom. The predicted octanol–water partition coefficient (Wildman–Crippen LogP) is 7.57. The number of unbranched alkanes of at least 4 members (excludes halogenated alkanes) is 8. The minimum Gasteiger partial charge on any atom is -0.454 e. The number of anilines is 1. The number of ether oxygens (including phenoxy) is 2. The van der Waals surface area contributed by atoms with Crippen LogP contribution in [0.25, 0.3) is 11.5 Å². The lowest BCUT2D eigenvalue weighted by Crippen LogP contribution is -2.21. The van der Waals surface area contributed by atoms with Gasteiger partial charge in [-0.15, -0.1) is 0 Å². The Balaban J connectivity index is 1.27. The van der Waals surface area contributed by atoms with Crippen molar-refractivity contribution in [1.29, 1.82) is 0 Å². The Labute approximate surface area is 209 Å². The third-order valence-electron chi connectivity index (χ3n) is 6.62. The second-order valence-corrected chi connectivity index (χ2v) is 9.35. The molecule has 1 aliphatic heterocycles. The van der Waals surface area contributed by atoms with Crippen LogP contribution in [0.5, 0.6) is 11.5 Å². The van der Waals surface area contributed by atoms with Crippen molar-refractivity contribution in [2.75, 3.05) is 18.2 Å². The summed E-state index contributed by atoms with van der Waals surface area (Å²) in [7, 11) is 0. The fourth-order valence-electron chi connectivity index (χ4n) is 4.56. The molecule has 2 heterocycles. The van der Waals surface area contributed by atoms with Crippen molar-refractivity contribution < 1.29 is 14.0 Å². The van der Waals surface area contributed by atoms with Gasteiger partial charge in [0.25, 0.3) is 5.89 Å². The quantitative estimate of drug-likeness (QED) is 0.210. The lowest BCUT2D eigenvalue weighted by Gasteiger charge is -2.23. The largest absolute Gasteiger partial charge is 0.454 e. The zero-order chi connectivity index (χ0) is 24.3. The molecule has 0 aliphatic carbocycles. The second-order valence-electron chi connectivity index (χ2n) is 9.35. The fourth-order valence-corrected chi connectivity index (χ4v) is 4.56. The molecule has 0 radical (unpaired) electrons. The summed E-state index contributed by atoms with van der Waals surface area (Å²) in [6, 6.07) is 14.5. The zero-order valence-corrected chi connectivity index (χ0v) is 21.3. The second kappa shape index (κ2) is 13.2. The van der Waals surface area contributed by atoms with E-state index >= 15 is 0 Å². The Hall–Kier alpha value is -3.02. The smallest absolute Gasteiger partial charge is 0.257 e. The van der Waals surface area contributed by atoms with Gasteiger partial charge in [-0.25, -0.2) is 0 Å². The van der Waals surface area contributed by atoms with Crippen molar-refractivity contribution in [2.45, 2.75) is 84.6 Å². The molecule has 6 heteroatoms. The summed E-state index contributed by atoms with van der Waals surface area (Å²) in [5.41, 5.74) is 3.28. The molecule has 0 spiro atoms. The maximum atomic E-state index is 5.60. The van der Waals surface area contributed by atoms with Crippen LogP contribution in [0.15, 0.2) is 47.0 Å². The van der Waals surface area contributed by atoms with Crippen molar-refractivity contribution in [2.24, 2.45) is 0 Å². The van der Waals surface area contributed by atoms with Crippen LogP contribution >= 0.6 is 0 Å². The zero-order valence-electron chi connectivity index (χ0n) is 21.3. The van der Waals surface area contributed by atoms with Gasteiger partial charge in [0.2, 0.25) is 6.79 Å². The molecule has 0 unspecified atom stereocenters. The Kier molecular flexibility index (Phi) is 9.44. The topological polar surface area (TPSA) is 60.6 Å². The van der Waals surface area contributed by atoms with Gasteiger partial charge < -0.3 is 18.9 Å². The first kappa shape index (κ1) is 25.1. The molecule has 1 aromatic heterocycles. The summed E-state index contributed by atoms with van der Waals surface area (Å²) in [6.07, 6.45) is 12.7. The Morgan fingerprint density at radius 3 is 2.40 bits per heavy atom. The van der Waals surface area contributed by atoms with Gasteiger partial charge in [0, 0.05) is 36.8 Å². The number of hydrogen-bond donors (Lipinski definition) is 0. The van der Waals surface area contributed by atoms with Crippen LogP contribution in [0.1, 0.15) is 83.0 Å². The van der Waals surface area contributed by atoms with Crippen LogP contribution in [0.2, 0.25) is 0 Å². The van der Waals surface area contributed by atoms with Gasteiger partial charge in [-0.2, -0.15) is 4.98 Å². The minimum atomic E-state index is 0.290. The molecule has 0 N–H and O–H groups in total. The maximum absolute atomic E-state index is 5.60. The number of nitrogens with zero attached hydrogens (tertiary/aromatic N) is 3. The average molecular weight is 478 g/mol. The van der Waals surface area contributed by atoms with Gasteiger partial charge in [-0.1, -0.05) is 75.6 Å². The van der Waals surface area contributed by atoms with Gasteiger partial charge in [0.15, 0.2) is 17.3 Å². The van der Waals surface area contributed by atoms with E-state index in [9.17, 15) is 0 Å². The van der Waals surface area contributed by atoms with E-state index < -0.39 is 0 Å². The molecule has 35 heavy (non-hydrogen) atoms. The van der Waals surface area contributed by atoms with Gasteiger partial charge in [0.1, 0.15) is 0 Å². The average Bonchev–Trinajstić information content (AvgIpc) is 3.56. The van der Waals surface area contributed by atoms with Crippen molar-refractivity contribution in [3.8, 4) is 23.0 Å². The van der Waals surface area contributed by atoms with Crippen LogP contribution in [-0.2, 0) is 13.0 Å². The summed E-state index contributed by atoms with van der Waals surface area (Å²) in [5, 5.41) is 4.23. The normalized spacial score (nSPS) is 12.3. The standard InChI is InChI=1S/C29H39N3O3/c1-3-5-6-7-8-9-10-11-12-16-28-30-29(35-31-28)24-15-13-14-23(19-24)21-32(4-2)25-17-18-26-27(20-25)34-22-33-26/h13-15,17-20H,3-12,16,21-22H2,1-2H3. The number of aryl methyl sites for hydroxylation is 1. The Bertz CT molecular complexity index is 1050. The predicted molar refractivity (Wildman–Crippen MR) is 140 cm³/mol. The summed E-state index contributed by atoms with van der Waals surface area (Å²) >= 11 is 0. The van der Waals surface area contributed by atoms with Crippen molar-refractivity contribution in [3.05, 3.63) is 53.9 Å². The molecule has 4 rings (SSSR count). The summed E-state index contributed by atoms with van der Waals surface area (Å²) < 4.78 is 16.6. The molecular weight excluding hydrogens is 438 g/mol. The summed E-state index contributed by atoms with van der Waals surface area (Å²) in [6.45, 7) is 6.38. The molecule has 1 aliphatic rings. The molecule has 0 saturated heterocycles. The van der Waals surface area contributed by atoms with Crippen molar-refractivity contribution in [3.63, 3.8) is 0 Å². The van der Waals surface area contributed by atoms with Crippen LogP contribution in [0, 0.1) is 0 Å². The molecule has 6 nitrogen and oxygen atoms in total. The molecular formula is C29H39N3O3. The number of hydrogen-bond acceptors (Lipinski definition) is 6. The molecule has 3 aromatic rings. The molecule has 0 bridgehead atoms. The molecule has 0 atom stereocenters. The number of fused-ring (bicyclic) bond motifs is 1. The van der Waals surface area contributed by atoms with Crippen molar-refractivity contribution >= 4 is 5.69 Å². The highest BCUT2D eigenvalue weighted by Gasteiger charge is 2.16. The van der Waals surface area contributed by atoms with E-state index in [4.69, 9.17) is 14.0 Å².